The Labute approximate surface area is 87.0 Å². The summed E-state index contributed by atoms with van der Waals surface area (Å²) in [6.45, 7) is 15.4. The fourth-order valence-corrected chi connectivity index (χ4v) is 1.61. The van der Waals surface area contributed by atoms with Crippen LogP contribution in [-0.2, 0) is 0 Å². The fraction of sp³-hybridized carbons (Fsp3) is 0.462. The van der Waals surface area contributed by atoms with Crippen molar-refractivity contribution in [2.75, 3.05) is 0 Å². The number of rotatable bonds is 4. The molecular weight excluding hydrogens is 170 g/mol. The molecule has 0 aromatic rings. The third-order valence-electron chi connectivity index (χ3n) is 2.28. The second-order valence-electron chi connectivity index (χ2n) is 3.86. The van der Waals surface area contributed by atoms with Crippen molar-refractivity contribution in [3.8, 4) is 0 Å². The molecule has 1 N–H and O–H groups in total. The van der Waals surface area contributed by atoms with Gasteiger partial charge in [0.2, 0.25) is 0 Å². The van der Waals surface area contributed by atoms with Crippen molar-refractivity contribution in [1.29, 1.82) is 5.41 Å². The molecule has 0 aromatic heterocycles. The molecule has 0 saturated carbocycles. The zero-order chi connectivity index (χ0) is 11.3. The second-order valence-corrected chi connectivity index (χ2v) is 3.86. The van der Waals surface area contributed by atoms with Gasteiger partial charge in [0, 0.05) is 11.6 Å². The van der Waals surface area contributed by atoms with Crippen molar-refractivity contribution in [3.63, 3.8) is 0 Å². The zero-order valence-corrected chi connectivity index (χ0v) is 9.57. The number of nitrogens with one attached hydrogen (secondary N) is 1. The Morgan fingerprint density at radius 3 is 2.07 bits per heavy atom. The summed E-state index contributed by atoms with van der Waals surface area (Å²) in [6, 6.07) is 0. The van der Waals surface area contributed by atoms with E-state index in [-0.39, 0.29) is 5.92 Å². The van der Waals surface area contributed by atoms with E-state index in [1.54, 1.807) is 6.92 Å². The van der Waals surface area contributed by atoms with E-state index in [1.165, 1.54) is 0 Å². The van der Waals surface area contributed by atoms with Crippen molar-refractivity contribution < 1.29 is 0 Å². The van der Waals surface area contributed by atoms with Gasteiger partial charge in [-0.2, -0.15) is 0 Å². The molecule has 0 aliphatic rings. The van der Waals surface area contributed by atoms with Gasteiger partial charge in [-0.05, 0) is 37.5 Å². The largest absolute Gasteiger partial charge is 0.305 e. The molecule has 0 aromatic carbocycles. The summed E-state index contributed by atoms with van der Waals surface area (Å²) >= 11 is 0. The summed E-state index contributed by atoms with van der Waals surface area (Å²) in [6.07, 6.45) is 0. The molecule has 0 amide bonds. The van der Waals surface area contributed by atoms with Gasteiger partial charge in [-0.25, -0.2) is 0 Å². The van der Waals surface area contributed by atoms with E-state index in [1.807, 2.05) is 6.92 Å². The Bertz CT molecular complexity index is 321. The van der Waals surface area contributed by atoms with Crippen LogP contribution in [0.2, 0.25) is 0 Å². The summed E-state index contributed by atoms with van der Waals surface area (Å²) < 4.78 is 0. The lowest BCUT2D eigenvalue weighted by Crippen LogP contribution is -2.16. The van der Waals surface area contributed by atoms with Gasteiger partial charge in [0.25, 0.3) is 0 Å². The van der Waals surface area contributed by atoms with E-state index < -0.39 is 0 Å². The highest BCUT2D eigenvalue weighted by Gasteiger charge is 2.19. The number of hydrogen-bond donors (Lipinski definition) is 1. The van der Waals surface area contributed by atoms with Gasteiger partial charge in [0.05, 0.1) is 0 Å². The van der Waals surface area contributed by atoms with Crippen LogP contribution in [-0.4, -0.2) is 5.71 Å². The van der Waals surface area contributed by atoms with E-state index in [2.05, 4.69) is 38.5 Å². The van der Waals surface area contributed by atoms with Crippen LogP contribution in [0.5, 0.6) is 0 Å². The Kier molecular flexibility index (Phi) is 4.94. The van der Waals surface area contributed by atoms with E-state index in [9.17, 15) is 0 Å². The van der Waals surface area contributed by atoms with Crippen LogP contribution in [0.3, 0.4) is 0 Å². The molecule has 0 radical (unpaired) electrons. The maximum absolute atomic E-state index is 7.57. The van der Waals surface area contributed by atoms with Crippen LogP contribution < -0.4 is 0 Å². The van der Waals surface area contributed by atoms with Crippen molar-refractivity contribution in [3.05, 3.63) is 35.8 Å². The standard InChI is InChI=1S/C13H19N/c1-7-8-10(4)13(9(2)3)11(5)12(6)14/h9,13-14H,1,5H2,2-4,6H3. The lowest BCUT2D eigenvalue weighted by molar-refractivity contribution is 0.516. The molecule has 0 fully saturated rings. The highest BCUT2D eigenvalue weighted by Crippen LogP contribution is 2.26. The topological polar surface area (TPSA) is 23.9 Å². The van der Waals surface area contributed by atoms with E-state index in [4.69, 9.17) is 5.41 Å². The van der Waals surface area contributed by atoms with Crippen LogP contribution in [0.15, 0.2) is 35.8 Å². The molecule has 1 heteroatoms. The summed E-state index contributed by atoms with van der Waals surface area (Å²) in [5, 5.41) is 7.57. The molecule has 1 unspecified atom stereocenters. The summed E-state index contributed by atoms with van der Waals surface area (Å²) in [5.41, 5.74) is 8.05. The Balaban J connectivity index is 5.17. The van der Waals surface area contributed by atoms with E-state index in [0.717, 1.165) is 11.1 Å². The highest BCUT2D eigenvalue weighted by molar-refractivity contribution is 5.96. The zero-order valence-electron chi connectivity index (χ0n) is 9.57. The first-order chi connectivity index (χ1) is 6.41. The highest BCUT2D eigenvalue weighted by atomic mass is 14.4. The van der Waals surface area contributed by atoms with Crippen LogP contribution >= 0.6 is 0 Å². The van der Waals surface area contributed by atoms with Gasteiger partial charge >= 0.3 is 0 Å². The molecule has 0 aliphatic carbocycles. The average Bonchev–Trinajstić information content (AvgIpc) is 2.03. The van der Waals surface area contributed by atoms with Crippen LogP contribution in [0.1, 0.15) is 27.7 Å². The summed E-state index contributed by atoms with van der Waals surface area (Å²) in [4.78, 5) is 0. The minimum Gasteiger partial charge on any atom is -0.305 e. The minimum atomic E-state index is 0.182. The van der Waals surface area contributed by atoms with Crippen molar-refractivity contribution >= 4 is 5.71 Å². The van der Waals surface area contributed by atoms with Gasteiger partial charge in [-0.15, -0.1) is 0 Å². The molecule has 76 valence electrons. The normalized spacial score (nSPS) is 11.5. The molecule has 0 bridgehead atoms. The molecular formula is C13H19N. The first-order valence-corrected chi connectivity index (χ1v) is 4.77. The Morgan fingerprint density at radius 2 is 1.79 bits per heavy atom. The Hall–Kier alpha value is -1.29. The van der Waals surface area contributed by atoms with Gasteiger partial charge in [0.15, 0.2) is 0 Å². The third kappa shape index (κ3) is 3.22. The SMILES string of the molecule is C=C=C=C(C)C(C(=C)C(C)=N)C(C)C. The van der Waals surface area contributed by atoms with Gasteiger partial charge < -0.3 is 5.41 Å². The van der Waals surface area contributed by atoms with E-state index in [0.29, 0.717) is 11.6 Å². The van der Waals surface area contributed by atoms with Crippen LogP contribution in [0, 0.1) is 17.2 Å². The lowest BCUT2D eigenvalue weighted by atomic mass is 9.82. The van der Waals surface area contributed by atoms with Gasteiger partial charge in [-0.3, -0.25) is 0 Å². The van der Waals surface area contributed by atoms with Crippen molar-refractivity contribution in [2.24, 2.45) is 11.8 Å². The molecule has 1 atom stereocenters. The van der Waals surface area contributed by atoms with E-state index >= 15 is 0 Å². The first-order valence-electron chi connectivity index (χ1n) is 4.77. The molecule has 0 spiro atoms. The summed E-state index contributed by atoms with van der Waals surface area (Å²) in [7, 11) is 0. The molecule has 0 rings (SSSR count). The third-order valence-corrected chi connectivity index (χ3v) is 2.28. The van der Waals surface area contributed by atoms with Gasteiger partial charge in [-0.1, -0.05) is 31.9 Å². The predicted molar refractivity (Wildman–Crippen MR) is 62.7 cm³/mol. The number of hydrogen-bond acceptors (Lipinski definition) is 1. The average molecular weight is 189 g/mol. The van der Waals surface area contributed by atoms with Crippen LogP contribution in [0.4, 0.5) is 0 Å². The van der Waals surface area contributed by atoms with Gasteiger partial charge in [0.1, 0.15) is 0 Å². The number of allylic oxidation sites excluding steroid dienone is 2. The quantitative estimate of drug-likeness (QED) is 0.514. The Morgan fingerprint density at radius 1 is 1.29 bits per heavy atom. The fourth-order valence-electron chi connectivity index (χ4n) is 1.61. The second kappa shape index (κ2) is 5.44. The summed E-state index contributed by atoms with van der Waals surface area (Å²) in [5.74, 6) is 0.602. The van der Waals surface area contributed by atoms with Crippen LogP contribution in [0.25, 0.3) is 0 Å². The molecule has 0 aliphatic heterocycles. The maximum atomic E-state index is 7.57. The lowest BCUT2D eigenvalue weighted by Gasteiger charge is -2.22. The maximum Gasteiger partial charge on any atom is 0.0315 e. The molecule has 0 saturated heterocycles. The predicted octanol–water partition coefficient (Wildman–Crippen LogP) is 3.74. The monoisotopic (exact) mass is 189 g/mol. The van der Waals surface area contributed by atoms with Crippen molar-refractivity contribution in [2.45, 2.75) is 27.7 Å². The van der Waals surface area contributed by atoms with Crippen molar-refractivity contribution in [1.82, 2.24) is 0 Å². The first kappa shape index (κ1) is 12.7. The molecule has 0 heterocycles. The molecule has 14 heavy (non-hydrogen) atoms. The smallest absolute Gasteiger partial charge is 0.0315 e. The molecule has 1 nitrogen and oxygen atoms in total. The minimum absolute atomic E-state index is 0.182.